The second-order valence-corrected chi connectivity index (χ2v) is 5.63. The molecule has 2 aliphatic heterocycles. The van der Waals surface area contributed by atoms with Crippen LogP contribution in [0.4, 0.5) is 16.2 Å². The van der Waals surface area contributed by atoms with Crippen molar-refractivity contribution < 1.29 is 4.79 Å². The number of nitrogen functional groups attached to an aromatic ring is 1. The van der Waals surface area contributed by atoms with Crippen LogP contribution < -0.4 is 21.4 Å². The zero-order valence-electron chi connectivity index (χ0n) is 11.7. The number of nitrogens with two attached hydrogens (primary N) is 1. The summed E-state index contributed by atoms with van der Waals surface area (Å²) in [4.78, 5) is 16.4. The maximum atomic E-state index is 12.3. The number of urea groups is 1. The van der Waals surface area contributed by atoms with Crippen LogP contribution in [-0.4, -0.2) is 45.0 Å². The first kappa shape index (κ1) is 13.3. The fourth-order valence-corrected chi connectivity index (χ4v) is 3.06. The third-order valence-corrected chi connectivity index (χ3v) is 4.31. The molecular weight excluding hydrogens is 251 g/mol. The number of rotatable bonds is 1. The number of likely N-dealkylation sites (tertiary alicyclic amines) is 1. The predicted molar refractivity (Wildman–Crippen MR) is 81.5 cm³/mol. The van der Waals surface area contributed by atoms with Gasteiger partial charge in [0.1, 0.15) is 7.85 Å². The van der Waals surface area contributed by atoms with Gasteiger partial charge in [-0.1, -0.05) is 11.5 Å². The highest BCUT2D eigenvalue weighted by molar-refractivity contribution is 6.36. The normalized spacial score (nSPS) is 20.6. The molecule has 1 saturated heterocycles. The second-order valence-electron chi connectivity index (χ2n) is 5.63. The Bertz CT molecular complexity index is 540. The van der Waals surface area contributed by atoms with Gasteiger partial charge in [0, 0.05) is 23.8 Å². The lowest BCUT2D eigenvalue weighted by atomic mass is 9.89. The van der Waals surface area contributed by atoms with Gasteiger partial charge in [0.05, 0.1) is 5.69 Å². The van der Waals surface area contributed by atoms with Crippen molar-refractivity contribution in [3.8, 4) is 0 Å². The fourth-order valence-electron chi connectivity index (χ4n) is 3.06. The Morgan fingerprint density at radius 1 is 1.35 bits per heavy atom. The van der Waals surface area contributed by atoms with Gasteiger partial charge < -0.3 is 16.0 Å². The summed E-state index contributed by atoms with van der Waals surface area (Å²) in [7, 11) is 7.97. The van der Waals surface area contributed by atoms with E-state index in [-0.39, 0.29) is 12.1 Å². The van der Waals surface area contributed by atoms with E-state index in [0.717, 1.165) is 37.2 Å². The number of carbonyl (C=O) groups is 1. The molecule has 2 radical (unpaired) electrons. The molecule has 3 N–H and O–H groups in total. The minimum atomic E-state index is -0.0313. The summed E-state index contributed by atoms with van der Waals surface area (Å²) >= 11 is 0. The first-order valence-electron chi connectivity index (χ1n) is 7.00. The van der Waals surface area contributed by atoms with E-state index in [9.17, 15) is 4.79 Å². The molecule has 1 aromatic carbocycles. The van der Waals surface area contributed by atoms with Gasteiger partial charge in [-0.2, -0.15) is 0 Å². The number of fused-ring (bicyclic) bond motifs is 1. The van der Waals surface area contributed by atoms with E-state index in [4.69, 9.17) is 13.6 Å². The molecule has 0 saturated carbocycles. The standard InChI is InChI=1S/C14H19BN4O/c1-18-6-4-9(5-7-18)19-12-3-2-11(15)13(16)10(12)8-17-14(19)20/h2-3,9H,4-8,16H2,1H3,(H,17,20). The molecule has 0 bridgehead atoms. The minimum Gasteiger partial charge on any atom is -0.399 e. The summed E-state index contributed by atoms with van der Waals surface area (Å²) < 4.78 is 0. The Labute approximate surface area is 120 Å². The average Bonchev–Trinajstić information content (AvgIpc) is 2.44. The average molecular weight is 270 g/mol. The number of nitrogens with zero attached hydrogens (tertiary/aromatic N) is 2. The van der Waals surface area contributed by atoms with Crippen LogP contribution in [0.1, 0.15) is 18.4 Å². The molecule has 0 aromatic heterocycles. The van der Waals surface area contributed by atoms with Crippen LogP contribution >= 0.6 is 0 Å². The second kappa shape index (κ2) is 5.02. The first-order chi connectivity index (χ1) is 9.58. The molecule has 5 nitrogen and oxygen atoms in total. The Hall–Kier alpha value is -1.69. The molecule has 2 aliphatic rings. The highest BCUT2D eigenvalue weighted by atomic mass is 16.2. The highest BCUT2D eigenvalue weighted by Crippen LogP contribution is 2.31. The number of carbonyl (C=O) groups excluding carboxylic acids is 1. The first-order valence-corrected chi connectivity index (χ1v) is 7.00. The Balaban J connectivity index is 1.96. The van der Waals surface area contributed by atoms with Crippen molar-refractivity contribution in [2.45, 2.75) is 25.4 Å². The Kier molecular flexibility index (Phi) is 3.34. The van der Waals surface area contributed by atoms with Crippen LogP contribution in [-0.2, 0) is 6.54 Å². The number of nitrogens with one attached hydrogen (secondary N) is 1. The van der Waals surface area contributed by atoms with E-state index < -0.39 is 0 Å². The van der Waals surface area contributed by atoms with Crippen molar-refractivity contribution in [1.82, 2.24) is 10.2 Å². The maximum Gasteiger partial charge on any atom is 0.322 e. The van der Waals surface area contributed by atoms with Crippen molar-refractivity contribution in [3.63, 3.8) is 0 Å². The maximum absolute atomic E-state index is 12.3. The number of hydrogen-bond donors (Lipinski definition) is 2. The number of hydrogen-bond acceptors (Lipinski definition) is 3. The summed E-state index contributed by atoms with van der Waals surface area (Å²) in [5.74, 6) is 0. The van der Waals surface area contributed by atoms with E-state index in [0.29, 0.717) is 17.7 Å². The van der Waals surface area contributed by atoms with Gasteiger partial charge >= 0.3 is 6.03 Å². The third kappa shape index (κ3) is 2.14. The number of anilines is 2. The Morgan fingerprint density at radius 2 is 2.05 bits per heavy atom. The molecule has 3 rings (SSSR count). The van der Waals surface area contributed by atoms with Gasteiger partial charge in [0.15, 0.2) is 0 Å². The van der Waals surface area contributed by atoms with Crippen LogP contribution in [0.3, 0.4) is 0 Å². The molecular formula is C14H19BN4O. The summed E-state index contributed by atoms with van der Waals surface area (Å²) in [6, 6.07) is 3.90. The zero-order valence-corrected chi connectivity index (χ0v) is 11.7. The van der Waals surface area contributed by atoms with Gasteiger partial charge in [-0.3, -0.25) is 4.90 Å². The van der Waals surface area contributed by atoms with Crippen molar-refractivity contribution in [1.29, 1.82) is 0 Å². The monoisotopic (exact) mass is 270 g/mol. The largest absolute Gasteiger partial charge is 0.399 e. The molecule has 20 heavy (non-hydrogen) atoms. The van der Waals surface area contributed by atoms with Crippen molar-refractivity contribution >= 4 is 30.7 Å². The van der Waals surface area contributed by atoms with E-state index in [1.54, 1.807) is 6.07 Å². The topological polar surface area (TPSA) is 61.6 Å². The van der Waals surface area contributed by atoms with Gasteiger partial charge in [-0.15, -0.1) is 0 Å². The molecule has 104 valence electrons. The number of benzene rings is 1. The smallest absolute Gasteiger partial charge is 0.322 e. The molecule has 0 spiro atoms. The summed E-state index contributed by atoms with van der Waals surface area (Å²) in [5, 5.41) is 2.90. The third-order valence-electron chi connectivity index (χ3n) is 4.31. The summed E-state index contributed by atoms with van der Waals surface area (Å²) in [6.45, 7) is 2.47. The fraction of sp³-hybridized carbons (Fsp3) is 0.500. The molecule has 0 unspecified atom stereocenters. The quantitative estimate of drug-likeness (QED) is 0.565. The molecule has 6 heteroatoms. The van der Waals surface area contributed by atoms with Crippen LogP contribution in [0.5, 0.6) is 0 Å². The minimum absolute atomic E-state index is 0.0313. The SMILES string of the molecule is [B]c1ccc2c(c1N)CNC(=O)N2C1CCN(C)CC1. The number of piperidine rings is 1. The summed E-state index contributed by atoms with van der Waals surface area (Å²) in [6.07, 6.45) is 1.96. The van der Waals surface area contributed by atoms with Gasteiger partial charge in [0.25, 0.3) is 0 Å². The molecule has 2 amide bonds. The lowest BCUT2D eigenvalue weighted by Gasteiger charge is -2.40. The molecule has 1 fully saturated rings. The number of amides is 2. The van der Waals surface area contributed by atoms with E-state index >= 15 is 0 Å². The molecule has 2 heterocycles. The van der Waals surface area contributed by atoms with E-state index in [2.05, 4.69) is 17.3 Å². The zero-order chi connectivity index (χ0) is 14.3. The van der Waals surface area contributed by atoms with Crippen LogP contribution in [0, 0.1) is 0 Å². The highest BCUT2D eigenvalue weighted by Gasteiger charge is 2.33. The van der Waals surface area contributed by atoms with Crippen LogP contribution in [0.15, 0.2) is 12.1 Å². The lowest BCUT2D eigenvalue weighted by Crippen LogP contribution is -2.53. The van der Waals surface area contributed by atoms with Crippen molar-refractivity contribution in [2.24, 2.45) is 0 Å². The van der Waals surface area contributed by atoms with Gasteiger partial charge in [-0.25, -0.2) is 4.79 Å². The van der Waals surface area contributed by atoms with Crippen molar-refractivity contribution in [2.75, 3.05) is 30.8 Å². The van der Waals surface area contributed by atoms with Crippen molar-refractivity contribution in [3.05, 3.63) is 17.7 Å². The van der Waals surface area contributed by atoms with E-state index in [1.165, 1.54) is 0 Å². The predicted octanol–water partition coefficient (Wildman–Crippen LogP) is 0.186. The van der Waals surface area contributed by atoms with E-state index in [1.807, 2.05) is 11.0 Å². The summed E-state index contributed by atoms with van der Waals surface area (Å²) in [5.41, 5.74) is 9.05. The lowest BCUT2D eigenvalue weighted by molar-refractivity contribution is 0.225. The van der Waals surface area contributed by atoms with Gasteiger partial charge in [-0.05, 0) is 39.0 Å². The molecule has 0 aliphatic carbocycles. The molecule has 0 atom stereocenters. The molecule has 1 aromatic rings. The van der Waals surface area contributed by atoms with Crippen LogP contribution in [0.25, 0.3) is 0 Å². The van der Waals surface area contributed by atoms with Crippen LogP contribution in [0.2, 0.25) is 0 Å². The van der Waals surface area contributed by atoms with Gasteiger partial charge in [0.2, 0.25) is 0 Å². The Morgan fingerprint density at radius 3 is 2.75 bits per heavy atom.